The Balaban J connectivity index is 1.68. The molecule has 1 heterocycles. The molecule has 0 aromatic carbocycles. The first-order chi connectivity index (χ1) is 5.35. The Morgan fingerprint density at radius 3 is 2.73 bits per heavy atom. The largest absolute Gasteiger partial charge is 0.366 e. The van der Waals surface area contributed by atoms with Crippen molar-refractivity contribution in [3.05, 3.63) is 0 Å². The van der Waals surface area contributed by atoms with Gasteiger partial charge in [0.15, 0.2) is 0 Å². The first kappa shape index (κ1) is 7.15. The monoisotopic (exact) mass is 151 g/mol. The normalized spacial score (nSPS) is 27.2. The zero-order valence-corrected chi connectivity index (χ0v) is 6.60. The number of terminal acetylenes is 1. The molecule has 1 aliphatic carbocycles. The summed E-state index contributed by atoms with van der Waals surface area (Å²) in [6.45, 7) is 2.85. The van der Waals surface area contributed by atoms with Crippen LogP contribution in [0.3, 0.4) is 0 Å². The summed E-state index contributed by atoms with van der Waals surface area (Å²) in [7, 11) is 0. The number of nitrogens with one attached hydrogen (secondary N) is 1. The smallest absolute Gasteiger partial charge is 0.107 e. The van der Waals surface area contributed by atoms with Gasteiger partial charge in [-0.1, -0.05) is 5.92 Å². The van der Waals surface area contributed by atoms with Gasteiger partial charge in [-0.3, -0.25) is 0 Å². The van der Waals surface area contributed by atoms with Crippen molar-refractivity contribution in [3.8, 4) is 12.3 Å². The lowest BCUT2D eigenvalue weighted by Gasteiger charge is -2.53. The Morgan fingerprint density at radius 2 is 2.27 bits per heavy atom. The van der Waals surface area contributed by atoms with E-state index in [4.69, 9.17) is 11.2 Å². The highest BCUT2D eigenvalue weighted by Crippen LogP contribution is 2.45. The van der Waals surface area contributed by atoms with Crippen molar-refractivity contribution in [1.29, 1.82) is 0 Å². The fourth-order valence-corrected chi connectivity index (χ4v) is 1.96. The summed E-state index contributed by atoms with van der Waals surface area (Å²) >= 11 is 0. The van der Waals surface area contributed by atoms with Crippen molar-refractivity contribution in [1.82, 2.24) is 5.32 Å². The van der Waals surface area contributed by atoms with Crippen molar-refractivity contribution in [2.75, 3.05) is 19.7 Å². The van der Waals surface area contributed by atoms with E-state index in [0.717, 1.165) is 0 Å². The molecule has 0 radical (unpaired) electrons. The lowest BCUT2D eigenvalue weighted by Crippen LogP contribution is -2.62. The number of hydrogen-bond donors (Lipinski definition) is 1. The molecule has 60 valence electrons. The molecule has 2 nitrogen and oxygen atoms in total. The maximum atomic E-state index is 5.39. The summed E-state index contributed by atoms with van der Waals surface area (Å²) in [5.41, 5.74) is 0.610. The van der Waals surface area contributed by atoms with E-state index in [1.54, 1.807) is 0 Å². The van der Waals surface area contributed by atoms with Crippen LogP contribution in [-0.4, -0.2) is 25.8 Å². The Hall–Kier alpha value is -0.520. The predicted molar refractivity (Wildman–Crippen MR) is 43.1 cm³/mol. The van der Waals surface area contributed by atoms with Gasteiger partial charge in [-0.15, -0.1) is 6.42 Å². The lowest BCUT2D eigenvalue weighted by atomic mass is 9.63. The van der Waals surface area contributed by atoms with Crippen LogP contribution in [0, 0.1) is 17.8 Å². The molecule has 0 bridgehead atoms. The van der Waals surface area contributed by atoms with E-state index in [2.05, 4.69) is 11.2 Å². The van der Waals surface area contributed by atoms with E-state index in [1.165, 1.54) is 25.9 Å². The molecule has 11 heavy (non-hydrogen) atoms. The second-order valence-electron chi connectivity index (χ2n) is 3.65. The van der Waals surface area contributed by atoms with Gasteiger partial charge in [0.25, 0.3) is 0 Å². The van der Waals surface area contributed by atoms with Crippen LogP contribution in [0.2, 0.25) is 0 Å². The lowest BCUT2D eigenvalue weighted by molar-refractivity contribution is -0.0940. The van der Waals surface area contributed by atoms with Gasteiger partial charge in [-0.2, -0.15) is 0 Å². The summed E-state index contributed by atoms with van der Waals surface area (Å²) in [6, 6.07) is 0. The zero-order valence-electron chi connectivity index (χ0n) is 6.60. The summed E-state index contributed by atoms with van der Waals surface area (Å²) in [5, 5.41) is 3.28. The maximum absolute atomic E-state index is 5.39. The molecule has 0 unspecified atom stereocenters. The Labute approximate surface area is 67.3 Å². The van der Waals surface area contributed by atoms with Crippen LogP contribution in [-0.2, 0) is 4.74 Å². The van der Waals surface area contributed by atoms with Gasteiger partial charge in [-0.05, 0) is 12.8 Å². The third-order valence-corrected chi connectivity index (χ3v) is 2.72. The fourth-order valence-electron chi connectivity index (χ4n) is 1.96. The molecule has 2 rings (SSSR count). The first-order valence-electron chi connectivity index (χ1n) is 4.10. The van der Waals surface area contributed by atoms with Crippen LogP contribution in [0.15, 0.2) is 0 Å². The van der Waals surface area contributed by atoms with Crippen LogP contribution in [0.25, 0.3) is 0 Å². The van der Waals surface area contributed by atoms with E-state index < -0.39 is 0 Å². The van der Waals surface area contributed by atoms with E-state index in [1.807, 2.05) is 0 Å². The molecule has 2 aliphatic rings. The van der Waals surface area contributed by atoms with Crippen LogP contribution >= 0.6 is 0 Å². The van der Waals surface area contributed by atoms with Crippen LogP contribution in [0.4, 0.5) is 0 Å². The first-order valence-corrected chi connectivity index (χ1v) is 4.10. The molecule has 1 N–H and O–H groups in total. The van der Waals surface area contributed by atoms with Gasteiger partial charge >= 0.3 is 0 Å². The molecule has 0 amide bonds. The number of ether oxygens (including phenoxy) is 1. The van der Waals surface area contributed by atoms with Gasteiger partial charge < -0.3 is 10.1 Å². The molecule has 2 fully saturated rings. The van der Waals surface area contributed by atoms with Crippen LogP contribution in [0.5, 0.6) is 0 Å². The van der Waals surface area contributed by atoms with E-state index >= 15 is 0 Å². The van der Waals surface area contributed by atoms with Gasteiger partial charge in [0.1, 0.15) is 6.61 Å². The molecule has 0 aromatic heterocycles. The van der Waals surface area contributed by atoms with Crippen LogP contribution in [0.1, 0.15) is 12.8 Å². The Bertz CT molecular complexity index is 182. The van der Waals surface area contributed by atoms with E-state index in [0.29, 0.717) is 18.1 Å². The minimum Gasteiger partial charge on any atom is -0.366 e. The van der Waals surface area contributed by atoms with Crippen molar-refractivity contribution < 1.29 is 4.74 Å². The summed E-state index contributed by atoms with van der Waals surface area (Å²) in [4.78, 5) is 0. The number of hydrogen-bond acceptors (Lipinski definition) is 2. The average molecular weight is 151 g/mol. The van der Waals surface area contributed by atoms with Gasteiger partial charge in [0.2, 0.25) is 0 Å². The van der Waals surface area contributed by atoms with E-state index in [-0.39, 0.29) is 0 Å². The van der Waals surface area contributed by atoms with Gasteiger partial charge in [0, 0.05) is 18.5 Å². The highest BCUT2D eigenvalue weighted by Gasteiger charge is 2.48. The third-order valence-electron chi connectivity index (χ3n) is 2.72. The summed E-state index contributed by atoms with van der Waals surface area (Å²) < 4.78 is 5.39. The van der Waals surface area contributed by atoms with Gasteiger partial charge in [0.05, 0.1) is 6.10 Å². The molecule has 2 heteroatoms. The molecule has 1 aliphatic heterocycles. The zero-order chi connectivity index (χ0) is 7.73. The highest BCUT2D eigenvalue weighted by molar-refractivity contribution is 5.03. The molecular formula is C9H13NO. The van der Waals surface area contributed by atoms with Crippen molar-refractivity contribution in [3.63, 3.8) is 0 Å². The van der Waals surface area contributed by atoms with Gasteiger partial charge in [-0.25, -0.2) is 0 Å². The quantitative estimate of drug-likeness (QED) is 0.576. The predicted octanol–water partition coefficient (Wildman–Crippen LogP) is 0.388. The molecule has 1 saturated carbocycles. The third kappa shape index (κ3) is 1.15. The standard InChI is InChI=1S/C9H13NO/c1-2-3-11-8-4-9(5-8)6-10-7-9/h1,8,10H,3-7H2. The van der Waals surface area contributed by atoms with E-state index in [9.17, 15) is 0 Å². The summed E-state index contributed by atoms with van der Waals surface area (Å²) in [5.74, 6) is 2.49. The minimum absolute atomic E-state index is 0.452. The van der Waals surface area contributed by atoms with Crippen molar-refractivity contribution >= 4 is 0 Å². The Kier molecular flexibility index (Phi) is 1.63. The molecule has 1 spiro atoms. The average Bonchev–Trinajstić information content (AvgIpc) is 1.81. The molecule has 1 saturated heterocycles. The molecule has 0 atom stereocenters. The van der Waals surface area contributed by atoms with Crippen molar-refractivity contribution in [2.24, 2.45) is 5.41 Å². The SMILES string of the molecule is C#CCOC1CC2(CNC2)C1. The molecule has 0 aromatic rings. The second-order valence-corrected chi connectivity index (χ2v) is 3.65. The highest BCUT2D eigenvalue weighted by atomic mass is 16.5. The topological polar surface area (TPSA) is 21.3 Å². The molecular weight excluding hydrogens is 138 g/mol. The maximum Gasteiger partial charge on any atom is 0.107 e. The minimum atomic E-state index is 0.452. The van der Waals surface area contributed by atoms with Crippen LogP contribution < -0.4 is 5.32 Å². The Morgan fingerprint density at radius 1 is 1.55 bits per heavy atom. The summed E-state index contributed by atoms with van der Waals surface area (Å²) in [6.07, 6.45) is 7.95. The fraction of sp³-hybridized carbons (Fsp3) is 0.778. The second kappa shape index (κ2) is 2.51. The van der Waals surface area contributed by atoms with Crippen molar-refractivity contribution in [2.45, 2.75) is 18.9 Å². The number of rotatable bonds is 2.